The fourth-order valence-electron chi connectivity index (χ4n) is 1.12. The smallest absolute Gasteiger partial charge is 0.132 e. The molecule has 0 aromatic carbocycles. The summed E-state index contributed by atoms with van der Waals surface area (Å²) in [5.74, 6) is 1.53. The Morgan fingerprint density at radius 2 is 2.50 bits per heavy atom. The van der Waals surface area contributed by atoms with E-state index >= 15 is 0 Å². The Kier molecular flexibility index (Phi) is 2.04. The van der Waals surface area contributed by atoms with Crippen molar-refractivity contribution < 1.29 is 4.74 Å². The Labute approximate surface area is 71.8 Å². The van der Waals surface area contributed by atoms with Gasteiger partial charge in [-0.3, -0.25) is 0 Å². The van der Waals surface area contributed by atoms with Gasteiger partial charge in [-0.15, -0.1) is 0 Å². The van der Waals surface area contributed by atoms with Crippen molar-refractivity contribution in [3.63, 3.8) is 0 Å². The Morgan fingerprint density at radius 3 is 3.17 bits per heavy atom. The van der Waals surface area contributed by atoms with E-state index in [4.69, 9.17) is 4.74 Å². The lowest BCUT2D eigenvalue weighted by Gasteiger charge is -1.99. The van der Waals surface area contributed by atoms with Gasteiger partial charge in [0.15, 0.2) is 0 Å². The van der Waals surface area contributed by atoms with E-state index in [1.807, 2.05) is 0 Å². The Hall–Kier alpha value is -0.960. The topological polar surface area (TPSA) is 35.0 Å². The van der Waals surface area contributed by atoms with Crippen molar-refractivity contribution in [2.24, 2.45) is 0 Å². The van der Waals surface area contributed by atoms with E-state index in [0.29, 0.717) is 12.5 Å². The van der Waals surface area contributed by atoms with Gasteiger partial charge in [-0.25, -0.2) is 9.97 Å². The number of hydrogen-bond donors (Lipinski definition) is 0. The van der Waals surface area contributed by atoms with Gasteiger partial charge in [0.2, 0.25) is 0 Å². The molecule has 1 saturated carbocycles. The summed E-state index contributed by atoms with van der Waals surface area (Å²) in [6.45, 7) is 0.554. The van der Waals surface area contributed by atoms with Gasteiger partial charge in [-0.05, 0) is 18.9 Å². The van der Waals surface area contributed by atoms with E-state index in [1.54, 1.807) is 13.2 Å². The van der Waals surface area contributed by atoms with E-state index in [2.05, 4.69) is 16.2 Å². The van der Waals surface area contributed by atoms with Gasteiger partial charge < -0.3 is 4.74 Å². The monoisotopic (exact) mass is 163 g/mol. The van der Waals surface area contributed by atoms with Crippen LogP contribution in [0.1, 0.15) is 30.3 Å². The van der Waals surface area contributed by atoms with Crippen LogP contribution in [0.15, 0.2) is 6.07 Å². The molecule has 0 atom stereocenters. The van der Waals surface area contributed by atoms with Crippen LogP contribution in [0, 0.1) is 6.20 Å². The molecule has 1 heterocycles. The molecule has 2 rings (SSSR count). The molecule has 1 fully saturated rings. The molecule has 3 nitrogen and oxygen atoms in total. The Bertz CT molecular complexity index is 271. The summed E-state index contributed by atoms with van der Waals surface area (Å²) in [6, 6.07) is 1.77. The van der Waals surface area contributed by atoms with Gasteiger partial charge in [0.05, 0.1) is 18.5 Å². The maximum Gasteiger partial charge on any atom is 0.132 e. The van der Waals surface area contributed by atoms with Crippen LogP contribution in [-0.4, -0.2) is 17.1 Å². The number of rotatable bonds is 3. The van der Waals surface area contributed by atoms with Crippen LogP contribution in [-0.2, 0) is 11.3 Å². The van der Waals surface area contributed by atoms with E-state index in [0.717, 1.165) is 11.5 Å². The molecule has 1 aliphatic carbocycles. The highest BCUT2D eigenvalue weighted by Gasteiger charge is 2.26. The number of nitrogens with zero attached hydrogens (tertiary/aromatic N) is 2. The zero-order chi connectivity index (χ0) is 8.39. The standard InChI is InChI=1S/C9H11N2O/c1-12-6-8-4-5-10-9(11-8)7-2-3-7/h4,7H,2-3,6H2,1H3. The zero-order valence-electron chi connectivity index (χ0n) is 7.08. The van der Waals surface area contributed by atoms with Crippen LogP contribution >= 0.6 is 0 Å². The van der Waals surface area contributed by atoms with Crippen molar-refractivity contribution in [3.8, 4) is 0 Å². The molecule has 0 bridgehead atoms. The second kappa shape index (κ2) is 3.19. The van der Waals surface area contributed by atoms with Crippen molar-refractivity contribution in [3.05, 3.63) is 23.8 Å². The average Bonchev–Trinajstić information content (AvgIpc) is 2.88. The zero-order valence-corrected chi connectivity index (χ0v) is 7.08. The third kappa shape index (κ3) is 1.61. The van der Waals surface area contributed by atoms with Crippen LogP contribution < -0.4 is 0 Å². The van der Waals surface area contributed by atoms with Crippen LogP contribution in [0.2, 0.25) is 0 Å². The number of methoxy groups -OCH3 is 1. The Morgan fingerprint density at radius 1 is 1.67 bits per heavy atom. The normalized spacial score (nSPS) is 16.4. The predicted molar refractivity (Wildman–Crippen MR) is 43.6 cm³/mol. The molecule has 12 heavy (non-hydrogen) atoms. The highest BCUT2D eigenvalue weighted by molar-refractivity contribution is 5.08. The van der Waals surface area contributed by atoms with Gasteiger partial charge in [0, 0.05) is 13.0 Å². The molecular formula is C9H11N2O. The van der Waals surface area contributed by atoms with Gasteiger partial charge >= 0.3 is 0 Å². The summed E-state index contributed by atoms with van der Waals surface area (Å²) in [4.78, 5) is 8.45. The molecule has 0 spiro atoms. The van der Waals surface area contributed by atoms with Gasteiger partial charge in [-0.1, -0.05) is 0 Å². The summed E-state index contributed by atoms with van der Waals surface area (Å²) in [6.07, 6.45) is 5.30. The van der Waals surface area contributed by atoms with Crippen molar-refractivity contribution >= 4 is 0 Å². The van der Waals surface area contributed by atoms with Crippen molar-refractivity contribution in [1.82, 2.24) is 9.97 Å². The van der Waals surface area contributed by atoms with Crippen molar-refractivity contribution in [1.29, 1.82) is 0 Å². The summed E-state index contributed by atoms with van der Waals surface area (Å²) in [5, 5.41) is 0. The predicted octanol–water partition coefficient (Wildman–Crippen LogP) is 1.30. The van der Waals surface area contributed by atoms with E-state index in [9.17, 15) is 0 Å². The average molecular weight is 163 g/mol. The first-order valence-electron chi connectivity index (χ1n) is 4.13. The molecule has 3 heteroatoms. The maximum atomic E-state index is 4.97. The first kappa shape index (κ1) is 7.68. The van der Waals surface area contributed by atoms with E-state index in [-0.39, 0.29) is 0 Å². The molecule has 0 aliphatic heterocycles. The lowest BCUT2D eigenvalue weighted by Crippen LogP contribution is -1.98. The highest BCUT2D eigenvalue weighted by Crippen LogP contribution is 2.37. The number of aromatic nitrogens is 2. The van der Waals surface area contributed by atoms with Crippen LogP contribution in [0.25, 0.3) is 0 Å². The minimum Gasteiger partial charge on any atom is -0.378 e. The fraction of sp³-hybridized carbons (Fsp3) is 0.556. The van der Waals surface area contributed by atoms with Crippen molar-refractivity contribution in [2.45, 2.75) is 25.4 Å². The SMILES string of the molecule is COCc1c[c]nc(C2CC2)n1. The van der Waals surface area contributed by atoms with Crippen LogP contribution in [0.5, 0.6) is 0 Å². The van der Waals surface area contributed by atoms with E-state index in [1.165, 1.54) is 12.8 Å². The van der Waals surface area contributed by atoms with Crippen molar-refractivity contribution in [2.75, 3.05) is 7.11 Å². The molecule has 63 valence electrons. The van der Waals surface area contributed by atoms with E-state index < -0.39 is 0 Å². The highest BCUT2D eigenvalue weighted by atomic mass is 16.5. The summed E-state index contributed by atoms with van der Waals surface area (Å²) in [5.41, 5.74) is 0.925. The molecule has 1 aromatic rings. The lowest BCUT2D eigenvalue weighted by atomic mass is 10.3. The molecule has 1 radical (unpaired) electrons. The molecule has 0 amide bonds. The first-order valence-corrected chi connectivity index (χ1v) is 4.13. The molecule has 0 unspecified atom stereocenters. The number of ether oxygens (including phenoxy) is 1. The Balaban J connectivity index is 2.15. The van der Waals surface area contributed by atoms with Gasteiger partial charge in [-0.2, -0.15) is 0 Å². The minimum atomic E-state index is 0.554. The summed E-state index contributed by atoms with van der Waals surface area (Å²) in [7, 11) is 1.67. The molecule has 1 aromatic heterocycles. The first-order chi connectivity index (χ1) is 5.90. The largest absolute Gasteiger partial charge is 0.378 e. The lowest BCUT2D eigenvalue weighted by molar-refractivity contribution is 0.181. The molecular weight excluding hydrogens is 152 g/mol. The quantitative estimate of drug-likeness (QED) is 0.673. The molecule has 0 N–H and O–H groups in total. The summed E-state index contributed by atoms with van der Waals surface area (Å²) < 4.78 is 4.97. The van der Waals surface area contributed by atoms with Crippen LogP contribution in [0.4, 0.5) is 0 Å². The molecule has 0 saturated heterocycles. The third-order valence-electron chi connectivity index (χ3n) is 1.90. The fourth-order valence-corrected chi connectivity index (χ4v) is 1.12. The second-order valence-electron chi connectivity index (χ2n) is 3.05. The van der Waals surface area contributed by atoms with Gasteiger partial charge in [0.25, 0.3) is 0 Å². The number of hydrogen-bond acceptors (Lipinski definition) is 3. The van der Waals surface area contributed by atoms with Crippen LogP contribution in [0.3, 0.4) is 0 Å². The molecule has 1 aliphatic rings. The summed E-state index contributed by atoms with van der Waals surface area (Å²) >= 11 is 0. The third-order valence-corrected chi connectivity index (χ3v) is 1.90. The second-order valence-corrected chi connectivity index (χ2v) is 3.05. The van der Waals surface area contributed by atoms with Gasteiger partial charge in [0.1, 0.15) is 5.82 Å². The minimum absolute atomic E-state index is 0.554. The maximum absolute atomic E-state index is 4.97.